The van der Waals surface area contributed by atoms with Gasteiger partial charge in [-0.1, -0.05) is 12.1 Å². The van der Waals surface area contributed by atoms with E-state index >= 15 is 0 Å². The average molecular weight is 613 g/mol. The van der Waals surface area contributed by atoms with Crippen molar-refractivity contribution in [3.05, 3.63) is 83.2 Å². The third-order valence-electron chi connectivity index (χ3n) is 5.82. The Morgan fingerprint density at radius 3 is 2.09 bits per heavy atom. The second kappa shape index (κ2) is 14.8. The summed E-state index contributed by atoms with van der Waals surface area (Å²) in [7, 11) is -1.23. The number of methoxy groups -OCH3 is 2. The van der Waals surface area contributed by atoms with Crippen molar-refractivity contribution in [3.63, 3.8) is 0 Å². The molecule has 3 N–H and O–H groups in total. The van der Waals surface area contributed by atoms with Crippen LogP contribution in [0.2, 0.25) is 0 Å². The van der Waals surface area contributed by atoms with Crippen LogP contribution in [0.5, 0.6) is 11.5 Å². The largest absolute Gasteiger partial charge is 0.493 e. The van der Waals surface area contributed by atoms with Crippen LogP contribution in [0.3, 0.4) is 0 Å². The molecular weight excluding hydrogens is 580 g/mol. The Morgan fingerprint density at radius 1 is 0.814 bits per heavy atom. The summed E-state index contributed by atoms with van der Waals surface area (Å²) in [5, 5.41) is 5.14. The molecule has 1 aromatic heterocycles. The molecule has 0 unspecified atom stereocenters. The molecule has 2 aromatic carbocycles. The molecule has 0 aliphatic heterocycles. The van der Waals surface area contributed by atoms with Crippen molar-refractivity contribution in [1.29, 1.82) is 0 Å². The average Bonchev–Trinajstić information content (AvgIpc) is 2.99. The Hall–Kier alpha value is -4.98. The molecule has 14 heteroatoms. The van der Waals surface area contributed by atoms with Crippen molar-refractivity contribution in [2.24, 2.45) is 0 Å². The molecule has 0 atom stereocenters. The van der Waals surface area contributed by atoms with Crippen LogP contribution >= 0.6 is 0 Å². The molecule has 0 aliphatic carbocycles. The molecule has 0 fully saturated rings. The molecule has 13 nitrogen and oxygen atoms in total. The first-order valence-electron chi connectivity index (χ1n) is 13.0. The molecule has 0 saturated heterocycles. The number of nitrogens with one attached hydrogen (secondary N) is 3. The summed E-state index contributed by atoms with van der Waals surface area (Å²) in [5.74, 6) is -1.60. The monoisotopic (exact) mass is 612 g/mol. The van der Waals surface area contributed by atoms with Crippen molar-refractivity contribution in [3.8, 4) is 11.5 Å². The molecule has 0 spiro atoms. The fraction of sp³-hybridized carbons (Fsp3) is 0.276. The van der Waals surface area contributed by atoms with Crippen molar-refractivity contribution in [2.45, 2.75) is 31.3 Å². The van der Waals surface area contributed by atoms with Gasteiger partial charge >= 0.3 is 5.97 Å². The molecule has 43 heavy (non-hydrogen) atoms. The molecular formula is C29H32N4O9S. The maximum Gasteiger partial charge on any atom is 0.325 e. The molecule has 3 aromatic rings. The summed E-state index contributed by atoms with van der Waals surface area (Å²) < 4.78 is 42.8. The highest BCUT2D eigenvalue weighted by atomic mass is 32.2. The van der Waals surface area contributed by atoms with Crippen LogP contribution in [-0.2, 0) is 26.0 Å². The van der Waals surface area contributed by atoms with Crippen LogP contribution in [0.25, 0.3) is 0 Å². The van der Waals surface area contributed by atoms with Gasteiger partial charge in [-0.15, -0.1) is 0 Å². The molecule has 0 radical (unpaired) electrons. The van der Waals surface area contributed by atoms with Gasteiger partial charge in [-0.2, -0.15) is 0 Å². The number of benzene rings is 2. The number of carbonyl (C=O) groups excluding carboxylic acids is 4. The number of sulfonamides is 1. The summed E-state index contributed by atoms with van der Waals surface area (Å²) in [4.78, 5) is 52.5. The lowest BCUT2D eigenvalue weighted by molar-refractivity contribution is -0.146. The first-order chi connectivity index (χ1) is 20.4. The molecule has 1 heterocycles. The number of amides is 3. The smallest absolute Gasteiger partial charge is 0.325 e. The van der Waals surface area contributed by atoms with Crippen molar-refractivity contribution in [1.82, 2.24) is 20.3 Å². The third kappa shape index (κ3) is 9.26. The van der Waals surface area contributed by atoms with Crippen LogP contribution < -0.4 is 24.8 Å². The number of carbonyl (C=O) groups is 4. The van der Waals surface area contributed by atoms with E-state index in [1.807, 2.05) is 4.72 Å². The molecule has 0 saturated carbocycles. The minimum Gasteiger partial charge on any atom is -0.493 e. The maximum absolute atomic E-state index is 12.7. The van der Waals surface area contributed by atoms with Crippen LogP contribution in [-0.4, -0.2) is 70.5 Å². The SMILES string of the molecule is COc1ccc(C(=O)NCCc2ccc(S(=O)(=O)NC(=O)c3ccc(C(=O)NCC(=O)OC(C)C)nc3)cc2)cc1OC. The van der Waals surface area contributed by atoms with Gasteiger partial charge in [0.2, 0.25) is 0 Å². The van der Waals surface area contributed by atoms with Crippen LogP contribution in [0.15, 0.2) is 65.7 Å². The molecule has 3 rings (SSSR count). The topological polar surface area (TPSA) is 179 Å². The van der Waals surface area contributed by atoms with E-state index in [2.05, 4.69) is 15.6 Å². The number of hydrogen-bond donors (Lipinski definition) is 3. The Balaban J connectivity index is 1.52. The Kier molecular flexibility index (Phi) is 11.2. The lowest BCUT2D eigenvalue weighted by Crippen LogP contribution is -2.32. The van der Waals surface area contributed by atoms with Crippen molar-refractivity contribution in [2.75, 3.05) is 27.3 Å². The van der Waals surface area contributed by atoms with Gasteiger partial charge in [-0.05, 0) is 68.3 Å². The number of nitrogens with zero attached hydrogens (tertiary/aromatic N) is 1. The van der Waals surface area contributed by atoms with E-state index < -0.39 is 27.8 Å². The predicted molar refractivity (Wildman–Crippen MR) is 154 cm³/mol. The Labute approximate surface area is 249 Å². The third-order valence-corrected chi connectivity index (χ3v) is 7.17. The molecule has 3 amide bonds. The number of aromatic nitrogens is 1. The minimum atomic E-state index is -4.21. The zero-order chi connectivity index (χ0) is 31.6. The zero-order valence-corrected chi connectivity index (χ0v) is 24.8. The first kappa shape index (κ1) is 32.5. The Morgan fingerprint density at radius 2 is 1.49 bits per heavy atom. The first-order valence-corrected chi connectivity index (χ1v) is 14.5. The number of rotatable bonds is 13. The van der Waals surface area contributed by atoms with Crippen LogP contribution in [0, 0.1) is 0 Å². The number of ether oxygens (including phenoxy) is 3. The van der Waals surface area contributed by atoms with Gasteiger partial charge in [0.05, 0.1) is 30.8 Å². The lowest BCUT2D eigenvalue weighted by Gasteiger charge is -2.10. The van der Waals surface area contributed by atoms with Crippen molar-refractivity contribution >= 4 is 33.7 Å². The maximum atomic E-state index is 12.7. The summed E-state index contributed by atoms with van der Waals surface area (Å²) in [6.45, 7) is 3.28. The van der Waals surface area contributed by atoms with Gasteiger partial charge in [0.25, 0.3) is 27.7 Å². The van der Waals surface area contributed by atoms with E-state index in [0.29, 0.717) is 30.0 Å². The summed E-state index contributed by atoms with van der Waals surface area (Å²) in [6, 6.07) is 13.1. The van der Waals surface area contributed by atoms with E-state index in [1.165, 1.54) is 38.5 Å². The highest BCUT2D eigenvalue weighted by molar-refractivity contribution is 7.90. The highest BCUT2D eigenvalue weighted by Crippen LogP contribution is 2.27. The van der Waals surface area contributed by atoms with Gasteiger partial charge in [-0.3, -0.25) is 24.2 Å². The standard InChI is InChI=1S/C29H32N4O9S/c1-18(2)42-26(34)17-32-29(37)23-11-7-21(16-31-23)28(36)33-43(38,39)22-9-5-19(6-10-22)13-14-30-27(35)20-8-12-24(40-3)25(15-20)41-4/h5-12,15-16,18H,13-14,17H2,1-4H3,(H,30,35)(H,32,37)(H,33,36). The fourth-order valence-electron chi connectivity index (χ4n) is 3.69. The second-order valence-electron chi connectivity index (χ2n) is 9.31. The van der Waals surface area contributed by atoms with Gasteiger partial charge < -0.3 is 24.8 Å². The minimum absolute atomic E-state index is 0.0766. The van der Waals surface area contributed by atoms with Gasteiger partial charge in [-0.25, -0.2) is 13.1 Å². The molecule has 0 bridgehead atoms. The lowest BCUT2D eigenvalue weighted by atomic mass is 10.1. The summed E-state index contributed by atoms with van der Waals surface area (Å²) in [6.07, 6.45) is 1.15. The predicted octanol–water partition coefficient (Wildman–Crippen LogP) is 1.87. The van der Waals surface area contributed by atoms with Gasteiger partial charge in [0, 0.05) is 18.3 Å². The van der Waals surface area contributed by atoms with E-state index in [1.54, 1.807) is 44.2 Å². The van der Waals surface area contributed by atoms with E-state index in [4.69, 9.17) is 14.2 Å². The van der Waals surface area contributed by atoms with E-state index in [-0.39, 0.29) is 34.7 Å². The zero-order valence-electron chi connectivity index (χ0n) is 24.0. The van der Waals surface area contributed by atoms with Gasteiger partial charge in [0.1, 0.15) is 12.2 Å². The highest BCUT2D eigenvalue weighted by Gasteiger charge is 2.20. The molecule has 0 aliphatic rings. The summed E-state index contributed by atoms with van der Waals surface area (Å²) in [5.41, 5.74) is 0.980. The van der Waals surface area contributed by atoms with E-state index in [9.17, 15) is 27.6 Å². The number of hydrogen-bond acceptors (Lipinski definition) is 10. The van der Waals surface area contributed by atoms with Gasteiger partial charge in [0.15, 0.2) is 11.5 Å². The van der Waals surface area contributed by atoms with Crippen LogP contribution in [0.4, 0.5) is 0 Å². The summed E-state index contributed by atoms with van der Waals surface area (Å²) >= 11 is 0. The normalized spacial score (nSPS) is 10.9. The van der Waals surface area contributed by atoms with Crippen LogP contribution in [0.1, 0.15) is 50.6 Å². The fourth-order valence-corrected chi connectivity index (χ4v) is 4.66. The van der Waals surface area contributed by atoms with E-state index in [0.717, 1.165) is 11.8 Å². The second-order valence-corrected chi connectivity index (χ2v) is 11.0. The number of esters is 1. The molecule has 228 valence electrons. The Bertz CT molecular complexity index is 1570. The number of pyridine rings is 1. The van der Waals surface area contributed by atoms with Crippen molar-refractivity contribution < 1.29 is 41.8 Å². The quantitative estimate of drug-likeness (QED) is 0.241.